The minimum atomic E-state index is 0.485. The molecule has 0 bridgehead atoms. The Balaban J connectivity index is 2.21. The number of aromatic amines is 1. The lowest BCUT2D eigenvalue weighted by Crippen LogP contribution is -2.04. The van der Waals surface area contributed by atoms with E-state index in [4.69, 9.17) is 21.1 Å². The fraction of sp³-hybridized carbons (Fsp3) is 0.300. The lowest BCUT2D eigenvalue weighted by atomic mass is 10.2. The van der Waals surface area contributed by atoms with Gasteiger partial charge in [0.2, 0.25) is 5.88 Å². The molecule has 2 rings (SSSR count). The molecule has 0 amide bonds. The van der Waals surface area contributed by atoms with Crippen LogP contribution in [0, 0.1) is 0 Å². The van der Waals surface area contributed by atoms with Gasteiger partial charge in [0.1, 0.15) is 6.61 Å². The van der Waals surface area contributed by atoms with Crippen LogP contribution in [0.25, 0.3) is 10.9 Å². The Hall–Kier alpha value is -1.26. The third-order valence-electron chi connectivity index (χ3n) is 2.02. The van der Waals surface area contributed by atoms with Gasteiger partial charge in [-0.25, -0.2) is 0 Å². The van der Waals surface area contributed by atoms with E-state index in [1.165, 1.54) is 0 Å². The van der Waals surface area contributed by atoms with Gasteiger partial charge < -0.3 is 9.47 Å². The van der Waals surface area contributed by atoms with Crippen molar-refractivity contribution < 1.29 is 9.47 Å². The summed E-state index contributed by atoms with van der Waals surface area (Å²) in [5, 5.41) is 8.50. The first-order valence-corrected chi connectivity index (χ1v) is 4.94. The number of ether oxygens (including phenoxy) is 2. The van der Waals surface area contributed by atoms with Crippen LogP contribution in [-0.4, -0.2) is 30.5 Å². The number of halogens is 1. The van der Waals surface area contributed by atoms with Crippen LogP contribution in [0.15, 0.2) is 18.2 Å². The maximum atomic E-state index is 5.85. The van der Waals surface area contributed by atoms with E-state index in [2.05, 4.69) is 10.2 Å². The Morgan fingerprint density at radius 1 is 1.40 bits per heavy atom. The third-order valence-corrected chi connectivity index (χ3v) is 2.25. The fourth-order valence-corrected chi connectivity index (χ4v) is 1.47. The molecule has 0 saturated heterocycles. The minimum absolute atomic E-state index is 0.485. The molecule has 1 aromatic carbocycles. The minimum Gasteiger partial charge on any atom is -0.474 e. The van der Waals surface area contributed by atoms with E-state index >= 15 is 0 Å². The van der Waals surface area contributed by atoms with Crippen molar-refractivity contribution in [1.82, 2.24) is 10.2 Å². The number of nitrogens with one attached hydrogen (secondary N) is 1. The molecule has 0 aliphatic heterocycles. The van der Waals surface area contributed by atoms with Gasteiger partial charge in [-0.05, 0) is 18.2 Å². The Bertz CT molecular complexity index is 456. The molecular formula is C10H11ClN2O2. The van der Waals surface area contributed by atoms with E-state index in [1.807, 2.05) is 18.2 Å². The van der Waals surface area contributed by atoms with Gasteiger partial charge in [0.15, 0.2) is 0 Å². The van der Waals surface area contributed by atoms with Crippen molar-refractivity contribution in [3.05, 3.63) is 23.2 Å². The molecule has 0 aliphatic rings. The summed E-state index contributed by atoms with van der Waals surface area (Å²) in [7, 11) is 1.63. The molecule has 0 spiro atoms. The molecule has 0 fully saturated rings. The molecular weight excluding hydrogens is 216 g/mol. The summed E-state index contributed by atoms with van der Waals surface area (Å²) in [6, 6.07) is 5.50. The summed E-state index contributed by atoms with van der Waals surface area (Å²) in [6.45, 7) is 1.03. The first kappa shape index (κ1) is 10.3. The second kappa shape index (κ2) is 4.51. The molecule has 0 aliphatic carbocycles. The predicted molar refractivity (Wildman–Crippen MR) is 58.5 cm³/mol. The van der Waals surface area contributed by atoms with Crippen LogP contribution in [-0.2, 0) is 4.74 Å². The van der Waals surface area contributed by atoms with Gasteiger partial charge in [0.05, 0.1) is 17.5 Å². The molecule has 1 N–H and O–H groups in total. The number of nitrogens with zero attached hydrogens (tertiary/aromatic N) is 1. The zero-order chi connectivity index (χ0) is 10.7. The van der Waals surface area contributed by atoms with Gasteiger partial charge in [-0.15, -0.1) is 5.10 Å². The SMILES string of the molecule is COCCOc1n[nH]c2cc(Cl)ccc12. The summed E-state index contributed by atoms with van der Waals surface area (Å²) in [4.78, 5) is 0. The van der Waals surface area contributed by atoms with Crippen molar-refractivity contribution in [2.45, 2.75) is 0 Å². The predicted octanol–water partition coefficient (Wildman–Crippen LogP) is 2.24. The van der Waals surface area contributed by atoms with Crippen molar-refractivity contribution in [2.24, 2.45) is 0 Å². The topological polar surface area (TPSA) is 47.1 Å². The molecule has 0 atom stereocenters. The molecule has 0 unspecified atom stereocenters. The van der Waals surface area contributed by atoms with Gasteiger partial charge in [-0.2, -0.15) is 0 Å². The second-order valence-corrected chi connectivity index (χ2v) is 3.50. The van der Waals surface area contributed by atoms with Gasteiger partial charge in [-0.3, -0.25) is 5.10 Å². The third kappa shape index (κ3) is 2.22. The smallest absolute Gasteiger partial charge is 0.240 e. The van der Waals surface area contributed by atoms with E-state index in [0.29, 0.717) is 24.1 Å². The number of benzene rings is 1. The summed E-state index contributed by atoms with van der Waals surface area (Å²) < 4.78 is 10.3. The first-order valence-electron chi connectivity index (χ1n) is 4.56. The van der Waals surface area contributed by atoms with E-state index < -0.39 is 0 Å². The quantitative estimate of drug-likeness (QED) is 0.814. The Kier molecular flexibility index (Phi) is 3.08. The number of H-pyrrole nitrogens is 1. The van der Waals surface area contributed by atoms with E-state index in [0.717, 1.165) is 10.9 Å². The lowest BCUT2D eigenvalue weighted by Gasteiger charge is -2.01. The van der Waals surface area contributed by atoms with E-state index in [-0.39, 0.29) is 0 Å². The molecule has 0 radical (unpaired) electrons. The Morgan fingerprint density at radius 2 is 2.27 bits per heavy atom. The maximum Gasteiger partial charge on any atom is 0.240 e. The van der Waals surface area contributed by atoms with Crippen molar-refractivity contribution in [3.8, 4) is 5.88 Å². The first-order chi connectivity index (χ1) is 7.31. The van der Waals surface area contributed by atoms with Crippen LogP contribution >= 0.6 is 11.6 Å². The largest absolute Gasteiger partial charge is 0.474 e. The number of hydrogen-bond donors (Lipinski definition) is 1. The highest BCUT2D eigenvalue weighted by Crippen LogP contribution is 2.24. The van der Waals surface area contributed by atoms with Crippen molar-refractivity contribution in [1.29, 1.82) is 0 Å². The zero-order valence-corrected chi connectivity index (χ0v) is 9.04. The normalized spacial score (nSPS) is 10.8. The van der Waals surface area contributed by atoms with Crippen LogP contribution < -0.4 is 4.74 Å². The molecule has 5 heteroatoms. The maximum absolute atomic E-state index is 5.85. The van der Waals surface area contributed by atoms with Gasteiger partial charge in [0.25, 0.3) is 0 Å². The molecule has 1 aromatic heterocycles. The molecule has 2 aromatic rings. The Morgan fingerprint density at radius 3 is 3.07 bits per heavy atom. The molecule has 15 heavy (non-hydrogen) atoms. The van der Waals surface area contributed by atoms with Crippen LogP contribution in [0.5, 0.6) is 5.88 Å². The highest BCUT2D eigenvalue weighted by Gasteiger charge is 2.06. The zero-order valence-electron chi connectivity index (χ0n) is 8.29. The average molecular weight is 227 g/mol. The highest BCUT2D eigenvalue weighted by molar-refractivity contribution is 6.31. The van der Waals surface area contributed by atoms with Crippen LogP contribution in [0.3, 0.4) is 0 Å². The van der Waals surface area contributed by atoms with Crippen LogP contribution in [0.1, 0.15) is 0 Å². The van der Waals surface area contributed by atoms with Gasteiger partial charge in [0, 0.05) is 12.1 Å². The fourth-order valence-electron chi connectivity index (χ4n) is 1.30. The Labute approximate surface area is 92.1 Å². The number of hydrogen-bond acceptors (Lipinski definition) is 3. The standard InChI is InChI=1S/C10H11ClN2O2/c1-14-4-5-15-10-8-3-2-7(11)6-9(8)12-13-10/h2-3,6H,4-5H2,1H3,(H,12,13). The lowest BCUT2D eigenvalue weighted by molar-refractivity contribution is 0.144. The monoisotopic (exact) mass is 226 g/mol. The van der Waals surface area contributed by atoms with Crippen molar-refractivity contribution >= 4 is 22.5 Å². The summed E-state index contributed by atoms with van der Waals surface area (Å²) in [5.41, 5.74) is 0.870. The van der Waals surface area contributed by atoms with Crippen LogP contribution in [0.4, 0.5) is 0 Å². The number of aromatic nitrogens is 2. The van der Waals surface area contributed by atoms with Crippen molar-refractivity contribution in [3.63, 3.8) is 0 Å². The molecule has 4 nitrogen and oxygen atoms in total. The average Bonchev–Trinajstić information content (AvgIpc) is 2.61. The van der Waals surface area contributed by atoms with E-state index in [9.17, 15) is 0 Å². The second-order valence-electron chi connectivity index (χ2n) is 3.06. The number of fused-ring (bicyclic) bond motifs is 1. The highest BCUT2D eigenvalue weighted by atomic mass is 35.5. The van der Waals surface area contributed by atoms with Crippen LogP contribution in [0.2, 0.25) is 5.02 Å². The summed E-state index contributed by atoms with van der Waals surface area (Å²) in [6.07, 6.45) is 0. The summed E-state index contributed by atoms with van der Waals surface area (Å²) >= 11 is 5.85. The molecule has 80 valence electrons. The van der Waals surface area contributed by atoms with Gasteiger partial charge in [-0.1, -0.05) is 11.6 Å². The van der Waals surface area contributed by atoms with Gasteiger partial charge >= 0.3 is 0 Å². The molecule has 1 heterocycles. The summed E-state index contributed by atoms with van der Waals surface area (Å²) in [5.74, 6) is 0.582. The number of methoxy groups -OCH3 is 1. The van der Waals surface area contributed by atoms with E-state index in [1.54, 1.807) is 7.11 Å². The number of rotatable bonds is 4. The van der Waals surface area contributed by atoms with Crippen molar-refractivity contribution in [2.75, 3.05) is 20.3 Å². The molecule has 0 saturated carbocycles.